The molecule has 7 nitrogen and oxygen atoms in total. The number of aliphatic hydroxyl groups is 2. The Labute approximate surface area is 331 Å². The molecule has 1 saturated heterocycles. The van der Waals surface area contributed by atoms with Crippen molar-refractivity contribution in [2.45, 2.75) is 238 Å². The van der Waals surface area contributed by atoms with Crippen molar-refractivity contribution in [1.29, 1.82) is 0 Å². The van der Waals surface area contributed by atoms with Gasteiger partial charge in [0.15, 0.2) is 6.29 Å². The van der Waals surface area contributed by atoms with Crippen LogP contribution in [-0.4, -0.2) is 56.4 Å². The zero-order valence-electron chi connectivity index (χ0n) is 35.5. The van der Waals surface area contributed by atoms with Crippen LogP contribution in [0.5, 0.6) is 0 Å². The summed E-state index contributed by atoms with van der Waals surface area (Å²) >= 11 is 0. The van der Waals surface area contributed by atoms with Gasteiger partial charge in [-0.1, -0.05) is 125 Å². The van der Waals surface area contributed by atoms with Gasteiger partial charge in [-0.15, -0.1) is 0 Å². The maximum Gasteiger partial charge on any atom is 0.331 e. The summed E-state index contributed by atoms with van der Waals surface area (Å²) in [4.78, 5) is 21.8. The van der Waals surface area contributed by atoms with Crippen molar-refractivity contribution in [2.24, 2.45) is 46.3 Å². The molecule has 4 aliphatic carbocycles. The second kappa shape index (κ2) is 20.3. The van der Waals surface area contributed by atoms with E-state index >= 15 is 0 Å². The first kappa shape index (κ1) is 45.1. The van der Waals surface area contributed by atoms with Crippen molar-refractivity contribution in [1.82, 2.24) is 0 Å². The van der Waals surface area contributed by atoms with Gasteiger partial charge in [0.05, 0.1) is 24.0 Å². The quantitative estimate of drug-likeness (QED) is 0.0602. The van der Waals surface area contributed by atoms with E-state index in [1.165, 1.54) is 96.3 Å². The molecule has 5 fully saturated rings. The Morgan fingerprint density at radius 2 is 1.41 bits per heavy atom. The first-order valence-electron chi connectivity index (χ1n) is 23.5. The van der Waals surface area contributed by atoms with Crippen molar-refractivity contribution < 1.29 is 34.0 Å². The van der Waals surface area contributed by atoms with Gasteiger partial charge in [-0.25, -0.2) is 0 Å². The smallest absolute Gasteiger partial charge is 0.331 e. The molecule has 4 saturated carbocycles. The minimum atomic E-state index is -4.20. The van der Waals surface area contributed by atoms with E-state index in [9.17, 15) is 24.6 Å². The normalized spacial score (nSPS) is 39.2. The zero-order chi connectivity index (χ0) is 39.0. The molecule has 316 valence electrons. The van der Waals surface area contributed by atoms with E-state index in [0.29, 0.717) is 24.2 Å². The Hall–Kier alpha value is -0.0100. The minimum absolute atomic E-state index is 0.151. The van der Waals surface area contributed by atoms with Gasteiger partial charge in [0.25, 0.3) is 0 Å². The number of ether oxygens (including phenoxy) is 2. The highest BCUT2D eigenvalue weighted by atomic mass is 31.2. The van der Waals surface area contributed by atoms with E-state index < -0.39 is 31.2 Å². The fourth-order valence-electron chi connectivity index (χ4n) is 13.7. The van der Waals surface area contributed by atoms with E-state index in [0.717, 1.165) is 93.8 Å². The fourth-order valence-corrected chi connectivity index (χ4v) is 15.0. The van der Waals surface area contributed by atoms with Gasteiger partial charge in [-0.2, -0.15) is 0 Å². The lowest BCUT2D eigenvalue weighted by molar-refractivity contribution is -0.171. The number of rotatable bonds is 23. The summed E-state index contributed by atoms with van der Waals surface area (Å²) in [6.45, 7) is 12.1. The van der Waals surface area contributed by atoms with Gasteiger partial charge in [0.2, 0.25) is 0 Å². The molecule has 8 heteroatoms. The molecule has 5 aliphatic rings. The number of hydrogen-bond donors (Lipinski definition) is 4. The molecular formula is C46H85O7P. The van der Waals surface area contributed by atoms with Crippen molar-refractivity contribution in [3.05, 3.63) is 0 Å². The molecule has 0 aromatic rings. The largest absolute Gasteiger partial charge is 0.394 e. The van der Waals surface area contributed by atoms with Gasteiger partial charge in [-0.3, -0.25) is 4.57 Å². The number of unbranched alkanes of at least 4 members (excludes halogenated alkanes) is 10. The first-order chi connectivity index (χ1) is 25.8. The molecule has 0 radical (unpaired) electrons. The Morgan fingerprint density at radius 1 is 0.759 bits per heavy atom. The van der Waals surface area contributed by atoms with Crippen LogP contribution in [0.25, 0.3) is 0 Å². The molecule has 1 heterocycles. The van der Waals surface area contributed by atoms with Gasteiger partial charge in [0, 0.05) is 6.42 Å². The van der Waals surface area contributed by atoms with E-state index in [1.54, 1.807) is 0 Å². The summed E-state index contributed by atoms with van der Waals surface area (Å²) in [5.74, 6) is 4.59. The van der Waals surface area contributed by atoms with Crippen LogP contribution >= 0.6 is 7.60 Å². The number of hydrogen-bond acceptors (Lipinski definition) is 5. The molecule has 0 spiro atoms. The lowest BCUT2D eigenvalue weighted by atomic mass is 9.43. The molecule has 7 unspecified atom stereocenters. The second-order valence-electron chi connectivity index (χ2n) is 20.2. The van der Waals surface area contributed by atoms with Crippen LogP contribution in [0, 0.1) is 46.3 Å². The summed E-state index contributed by atoms with van der Waals surface area (Å²) < 4.78 is 25.3. The molecule has 0 aromatic heterocycles. The summed E-state index contributed by atoms with van der Waals surface area (Å²) in [5, 5.41) is 18.7. The van der Waals surface area contributed by atoms with E-state index in [2.05, 4.69) is 34.6 Å². The summed E-state index contributed by atoms with van der Waals surface area (Å²) in [6.07, 6.45) is 28.9. The molecule has 0 amide bonds. The van der Waals surface area contributed by atoms with Crippen molar-refractivity contribution in [3.63, 3.8) is 0 Å². The fraction of sp³-hybridized carbons (Fsp3) is 1.00. The van der Waals surface area contributed by atoms with E-state index in [-0.39, 0.29) is 18.1 Å². The molecule has 13 atom stereocenters. The van der Waals surface area contributed by atoms with Crippen LogP contribution in [0.4, 0.5) is 0 Å². The predicted molar refractivity (Wildman–Crippen MR) is 220 cm³/mol. The van der Waals surface area contributed by atoms with Crippen LogP contribution in [0.2, 0.25) is 0 Å². The summed E-state index contributed by atoms with van der Waals surface area (Å²) in [6, 6.07) is 0. The van der Waals surface area contributed by atoms with Gasteiger partial charge < -0.3 is 29.5 Å². The Bertz CT molecular complexity index is 1160. The number of fused-ring (bicyclic) bond motifs is 5. The average Bonchev–Trinajstić information content (AvgIpc) is 3.68. The average molecular weight is 781 g/mol. The van der Waals surface area contributed by atoms with Crippen molar-refractivity contribution in [3.8, 4) is 0 Å². The van der Waals surface area contributed by atoms with Crippen LogP contribution < -0.4 is 0 Å². The van der Waals surface area contributed by atoms with Gasteiger partial charge in [0.1, 0.15) is 6.10 Å². The zero-order valence-corrected chi connectivity index (χ0v) is 36.4. The lowest BCUT2D eigenvalue weighted by Crippen LogP contribution is -2.56. The third-order valence-electron chi connectivity index (χ3n) is 17.0. The number of aliphatic hydroxyl groups excluding tert-OH is 2. The molecule has 0 aromatic carbocycles. The van der Waals surface area contributed by atoms with Gasteiger partial charge in [-0.05, 0) is 123 Å². The van der Waals surface area contributed by atoms with Crippen molar-refractivity contribution in [2.75, 3.05) is 6.61 Å². The highest BCUT2D eigenvalue weighted by Gasteiger charge is 2.63. The molecule has 54 heavy (non-hydrogen) atoms. The first-order valence-corrected chi connectivity index (χ1v) is 25.1. The molecule has 4 N–H and O–H groups in total. The predicted octanol–water partition coefficient (Wildman–Crippen LogP) is 11.7. The third kappa shape index (κ3) is 10.4. The molecule has 5 rings (SSSR count). The second-order valence-corrected chi connectivity index (χ2v) is 22.2. The SMILES string of the molecule is CCCCCC(CCCCCCCCCCCC1(P(=O)(O)O)CC[C@@]2(C)C(CCC3C2CC[C@@]2(C)C3CC[C@@H]2[C@H](C)CCC)C1)OC1C[C@H](O)[C@@H](CO)O1. The van der Waals surface area contributed by atoms with Crippen LogP contribution in [0.3, 0.4) is 0 Å². The Kier molecular flexibility index (Phi) is 17.0. The Balaban J connectivity index is 1.000. The van der Waals surface area contributed by atoms with Gasteiger partial charge >= 0.3 is 7.60 Å². The highest BCUT2D eigenvalue weighted by Crippen LogP contribution is 2.72. The monoisotopic (exact) mass is 781 g/mol. The van der Waals surface area contributed by atoms with E-state index in [1.807, 2.05) is 0 Å². The molecule has 0 bridgehead atoms. The topological polar surface area (TPSA) is 116 Å². The Morgan fingerprint density at radius 3 is 2.04 bits per heavy atom. The summed E-state index contributed by atoms with van der Waals surface area (Å²) in [7, 11) is -4.20. The van der Waals surface area contributed by atoms with Crippen LogP contribution in [0.1, 0.15) is 208 Å². The maximum atomic E-state index is 13.3. The minimum Gasteiger partial charge on any atom is -0.394 e. The highest BCUT2D eigenvalue weighted by molar-refractivity contribution is 7.53. The maximum absolute atomic E-state index is 13.3. The van der Waals surface area contributed by atoms with Crippen molar-refractivity contribution >= 4 is 7.60 Å². The van der Waals surface area contributed by atoms with Crippen LogP contribution in [0.15, 0.2) is 0 Å². The summed E-state index contributed by atoms with van der Waals surface area (Å²) in [5.41, 5.74) is 0.747. The van der Waals surface area contributed by atoms with E-state index in [4.69, 9.17) is 9.47 Å². The lowest BCUT2D eigenvalue weighted by Gasteiger charge is -2.63. The molecule has 1 aliphatic heterocycles. The molecular weight excluding hydrogens is 695 g/mol. The third-order valence-corrected chi connectivity index (χ3v) is 18.8. The van der Waals surface area contributed by atoms with Crippen LogP contribution in [-0.2, 0) is 14.0 Å². The standard InChI is InChI=1S/C46H85O7P/c1-6-8-16-20-36(52-43-31-41(48)42(33-47)53-43)21-17-14-12-10-9-11-13-15-18-27-46(54(49,50)51)30-29-44(4)35(32-46)22-23-37-39-25-24-38(34(3)19-7-2)45(39,5)28-26-40(37)44/h34-43,47-48H,6-33H2,1-5H3,(H2,49,50,51)/t34-,35?,36?,37?,38-,39?,40?,41+,42-,43?,44+,45-,46?/m1/s1.